The molecule has 6 nitrogen and oxygen atoms in total. The van der Waals surface area contributed by atoms with E-state index in [9.17, 15) is 5.11 Å². The van der Waals surface area contributed by atoms with Crippen molar-refractivity contribution >= 4 is 23.4 Å². The number of hydrogen-bond acceptors (Lipinski definition) is 6. The zero-order valence-corrected chi connectivity index (χ0v) is 10.1. The van der Waals surface area contributed by atoms with Crippen molar-refractivity contribution in [3.8, 4) is 0 Å². The zero-order chi connectivity index (χ0) is 12.3. The van der Waals surface area contributed by atoms with Gasteiger partial charge in [-0.2, -0.15) is 4.98 Å². The number of aliphatic hydroxyl groups excluding tert-OH is 1. The highest BCUT2D eigenvalue weighted by molar-refractivity contribution is 6.29. The van der Waals surface area contributed by atoms with Crippen molar-refractivity contribution in [1.29, 1.82) is 0 Å². The lowest BCUT2D eigenvalue weighted by Crippen LogP contribution is -2.47. The van der Waals surface area contributed by atoms with E-state index in [2.05, 4.69) is 15.3 Å². The Morgan fingerprint density at radius 1 is 1.47 bits per heavy atom. The van der Waals surface area contributed by atoms with Crippen LogP contribution in [0.5, 0.6) is 0 Å². The van der Waals surface area contributed by atoms with Gasteiger partial charge in [-0.05, 0) is 12.8 Å². The smallest absolute Gasteiger partial charge is 0.223 e. The average molecular weight is 259 g/mol. The first-order chi connectivity index (χ1) is 8.13. The summed E-state index contributed by atoms with van der Waals surface area (Å²) < 4.78 is 5.28. The second-order valence-electron chi connectivity index (χ2n) is 4.11. The molecule has 2 rings (SSSR count). The van der Waals surface area contributed by atoms with E-state index in [0.29, 0.717) is 31.9 Å². The fourth-order valence-corrected chi connectivity index (χ4v) is 2.05. The van der Waals surface area contributed by atoms with Crippen LogP contribution in [0.1, 0.15) is 12.8 Å². The van der Waals surface area contributed by atoms with Gasteiger partial charge in [0.25, 0.3) is 0 Å². The fraction of sp³-hybridized carbons (Fsp3) is 0.600. The molecule has 94 valence electrons. The van der Waals surface area contributed by atoms with Crippen LogP contribution in [0.15, 0.2) is 6.07 Å². The minimum Gasteiger partial charge on any atom is -0.394 e. The molecule has 1 fully saturated rings. The van der Waals surface area contributed by atoms with Crippen LogP contribution in [0.25, 0.3) is 0 Å². The molecular weight excluding hydrogens is 244 g/mol. The fourth-order valence-electron chi connectivity index (χ4n) is 1.86. The number of nitrogens with two attached hydrogens (primary N) is 1. The lowest BCUT2D eigenvalue weighted by molar-refractivity contribution is 0.0378. The summed E-state index contributed by atoms with van der Waals surface area (Å²) in [7, 11) is 0. The number of rotatable bonds is 3. The van der Waals surface area contributed by atoms with E-state index in [-0.39, 0.29) is 17.7 Å². The molecule has 1 aliphatic heterocycles. The first-order valence-electron chi connectivity index (χ1n) is 5.40. The van der Waals surface area contributed by atoms with Crippen molar-refractivity contribution in [3.05, 3.63) is 11.2 Å². The van der Waals surface area contributed by atoms with Gasteiger partial charge in [0.2, 0.25) is 5.95 Å². The summed E-state index contributed by atoms with van der Waals surface area (Å²) in [6.45, 7) is 1.24. The van der Waals surface area contributed by atoms with Crippen molar-refractivity contribution in [2.24, 2.45) is 0 Å². The molecule has 1 aliphatic rings. The molecule has 17 heavy (non-hydrogen) atoms. The summed E-state index contributed by atoms with van der Waals surface area (Å²) in [6, 6.07) is 1.59. The molecule has 1 aromatic heterocycles. The summed E-state index contributed by atoms with van der Waals surface area (Å²) in [4.78, 5) is 7.82. The largest absolute Gasteiger partial charge is 0.394 e. The first-order valence-corrected chi connectivity index (χ1v) is 5.78. The van der Waals surface area contributed by atoms with Gasteiger partial charge in [-0.25, -0.2) is 4.98 Å². The van der Waals surface area contributed by atoms with Gasteiger partial charge in [0.1, 0.15) is 11.0 Å². The van der Waals surface area contributed by atoms with Crippen LogP contribution in [0.4, 0.5) is 11.8 Å². The maximum atomic E-state index is 9.52. The summed E-state index contributed by atoms with van der Waals surface area (Å²) in [5.74, 6) is 0.638. The Morgan fingerprint density at radius 2 is 2.18 bits per heavy atom. The Kier molecular flexibility index (Phi) is 3.66. The Bertz CT molecular complexity index is 376. The van der Waals surface area contributed by atoms with E-state index in [0.717, 1.165) is 0 Å². The van der Waals surface area contributed by atoms with Crippen LogP contribution in [0, 0.1) is 0 Å². The van der Waals surface area contributed by atoms with E-state index < -0.39 is 5.54 Å². The lowest BCUT2D eigenvalue weighted by atomic mass is 9.91. The molecule has 0 atom stereocenters. The van der Waals surface area contributed by atoms with Gasteiger partial charge in [0, 0.05) is 19.3 Å². The number of aromatic nitrogens is 2. The van der Waals surface area contributed by atoms with E-state index in [4.69, 9.17) is 22.1 Å². The number of hydrogen-bond donors (Lipinski definition) is 3. The zero-order valence-electron chi connectivity index (χ0n) is 9.32. The Labute approximate surface area is 104 Å². The molecule has 1 saturated heterocycles. The number of ether oxygens (including phenoxy) is 1. The number of halogens is 1. The third-order valence-corrected chi connectivity index (χ3v) is 3.05. The second kappa shape index (κ2) is 5.03. The molecule has 4 N–H and O–H groups in total. The number of nitrogens with zero attached hydrogens (tertiary/aromatic N) is 2. The Balaban J connectivity index is 2.17. The van der Waals surface area contributed by atoms with Crippen LogP contribution in [0.3, 0.4) is 0 Å². The maximum Gasteiger partial charge on any atom is 0.223 e. The summed E-state index contributed by atoms with van der Waals surface area (Å²) in [5.41, 5.74) is 5.10. The first kappa shape index (κ1) is 12.3. The van der Waals surface area contributed by atoms with Gasteiger partial charge in [-0.3, -0.25) is 0 Å². The van der Waals surface area contributed by atoms with E-state index in [1.165, 1.54) is 0 Å². The molecule has 0 aliphatic carbocycles. The van der Waals surface area contributed by atoms with Gasteiger partial charge in [-0.15, -0.1) is 0 Å². The van der Waals surface area contributed by atoms with E-state index in [1.54, 1.807) is 6.07 Å². The summed E-state index contributed by atoms with van der Waals surface area (Å²) in [6.07, 6.45) is 1.43. The number of aliphatic hydroxyl groups is 1. The molecule has 0 bridgehead atoms. The Hall–Kier alpha value is -1.11. The molecule has 0 aromatic carbocycles. The molecule has 0 radical (unpaired) electrons. The van der Waals surface area contributed by atoms with Crippen LogP contribution < -0.4 is 11.1 Å². The van der Waals surface area contributed by atoms with Gasteiger partial charge in [-0.1, -0.05) is 11.6 Å². The van der Waals surface area contributed by atoms with Gasteiger partial charge < -0.3 is 20.9 Å². The van der Waals surface area contributed by atoms with E-state index >= 15 is 0 Å². The molecule has 2 heterocycles. The highest BCUT2D eigenvalue weighted by Gasteiger charge is 2.32. The Morgan fingerprint density at radius 3 is 2.76 bits per heavy atom. The predicted octanol–water partition coefficient (Wildman–Crippen LogP) is 0.666. The quantitative estimate of drug-likeness (QED) is 0.690. The standard InChI is InChI=1S/C10H15ClN4O2/c11-7-5-8(14-9(12)13-7)15-10(6-16)1-3-17-4-2-10/h5,16H,1-4,6H2,(H3,12,13,14,15). The van der Waals surface area contributed by atoms with Crippen molar-refractivity contribution in [1.82, 2.24) is 9.97 Å². The topological polar surface area (TPSA) is 93.3 Å². The van der Waals surface area contributed by atoms with Gasteiger partial charge in [0.15, 0.2) is 0 Å². The normalized spacial score (nSPS) is 18.9. The third-order valence-electron chi connectivity index (χ3n) is 2.86. The lowest BCUT2D eigenvalue weighted by Gasteiger charge is -2.36. The molecule has 0 amide bonds. The average Bonchev–Trinajstić information content (AvgIpc) is 2.29. The molecular formula is C10H15ClN4O2. The van der Waals surface area contributed by atoms with Crippen molar-refractivity contribution in [2.75, 3.05) is 30.9 Å². The summed E-state index contributed by atoms with van der Waals surface area (Å²) >= 11 is 5.80. The molecule has 7 heteroatoms. The van der Waals surface area contributed by atoms with Crippen molar-refractivity contribution in [2.45, 2.75) is 18.4 Å². The molecule has 1 aromatic rings. The van der Waals surface area contributed by atoms with Gasteiger partial charge >= 0.3 is 0 Å². The molecule has 0 unspecified atom stereocenters. The van der Waals surface area contributed by atoms with Crippen LogP contribution in [-0.4, -0.2) is 40.4 Å². The number of nitrogen functional groups attached to an aromatic ring is 1. The number of nitrogens with one attached hydrogen (secondary N) is 1. The molecule has 0 spiro atoms. The van der Waals surface area contributed by atoms with Crippen LogP contribution in [0.2, 0.25) is 5.15 Å². The monoisotopic (exact) mass is 258 g/mol. The van der Waals surface area contributed by atoms with Gasteiger partial charge in [0.05, 0.1) is 12.1 Å². The molecule has 0 saturated carbocycles. The minimum absolute atomic E-state index is 0.0118. The van der Waals surface area contributed by atoms with Crippen LogP contribution in [-0.2, 0) is 4.74 Å². The highest BCUT2D eigenvalue weighted by Crippen LogP contribution is 2.25. The predicted molar refractivity (Wildman–Crippen MR) is 64.9 cm³/mol. The third kappa shape index (κ3) is 2.96. The van der Waals surface area contributed by atoms with Crippen molar-refractivity contribution in [3.63, 3.8) is 0 Å². The van der Waals surface area contributed by atoms with Crippen LogP contribution >= 0.6 is 11.6 Å². The maximum absolute atomic E-state index is 9.52. The highest BCUT2D eigenvalue weighted by atomic mass is 35.5. The minimum atomic E-state index is -0.414. The number of anilines is 2. The van der Waals surface area contributed by atoms with Crippen molar-refractivity contribution < 1.29 is 9.84 Å². The van der Waals surface area contributed by atoms with E-state index in [1.807, 2.05) is 0 Å². The SMILES string of the molecule is Nc1nc(Cl)cc(NC2(CO)CCOCC2)n1. The summed E-state index contributed by atoms with van der Waals surface area (Å²) in [5, 5.41) is 13.0. The second-order valence-corrected chi connectivity index (χ2v) is 4.50.